The van der Waals surface area contributed by atoms with Crippen LogP contribution in [0.4, 0.5) is 0 Å². The lowest BCUT2D eigenvalue weighted by molar-refractivity contribution is -0.117. The highest BCUT2D eigenvalue weighted by Crippen LogP contribution is 2.20. The van der Waals surface area contributed by atoms with E-state index in [-0.39, 0.29) is 11.7 Å². The van der Waals surface area contributed by atoms with Gasteiger partial charge in [0.05, 0.1) is 0 Å². The Morgan fingerprint density at radius 1 is 1.38 bits per heavy atom. The smallest absolute Gasteiger partial charge is 0.130 e. The van der Waals surface area contributed by atoms with E-state index in [2.05, 4.69) is 0 Å². The van der Waals surface area contributed by atoms with Gasteiger partial charge in [-0.25, -0.2) is 0 Å². The molecule has 0 amide bonds. The van der Waals surface area contributed by atoms with Crippen LogP contribution in [0.5, 0.6) is 0 Å². The second kappa shape index (κ2) is 4.43. The number of ketones is 1. The van der Waals surface area contributed by atoms with Crippen molar-refractivity contribution in [2.75, 3.05) is 0 Å². The Balaban J connectivity index is 2.71. The van der Waals surface area contributed by atoms with E-state index in [0.29, 0.717) is 6.42 Å². The number of hydrogen-bond acceptors (Lipinski definition) is 1. The number of benzene rings is 1. The molecule has 0 unspecified atom stereocenters. The molecule has 1 rings (SSSR count). The Bertz CT molecular complexity index is 289. The van der Waals surface area contributed by atoms with Crippen molar-refractivity contribution < 1.29 is 4.79 Å². The van der Waals surface area contributed by atoms with Gasteiger partial charge in [-0.05, 0) is 30.5 Å². The minimum atomic E-state index is 0.224. The quantitative estimate of drug-likeness (QED) is 0.724. The Hall–Kier alpha value is -0.820. The molecule has 1 aromatic rings. The van der Waals surface area contributed by atoms with Crippen LogP contribution < -0.4 is 0 Å². The van der Waals surface area contributed by atoms with E-state index in [0.717, 1.165) is 5.02 Å². The van der Waals surface area contributed by atoms with Gasteiger partial charge in [-0.15, -0.1) is 0 Å². The van der Waals surface area contributed by atoms with E-state index in [9.17, 15) is 4.79 Å². The van der Waals surface area contributed by atoms with Gasteiger partial charge in [-0.3, -0.25) is 0 Å². The molecular weight excluding hydrogens is 184 g/mol. The molecule has 0 fully saturated rings. The van der Waals surface area contributed by atoms with Gasteiger partial charge in [0.2, 0.25) is 0 Å². The van der Waals surface area contributed by atoms with Crippen molar-refractivity contribution in [2.24, 2.45) is 0 Å². The van der Waals surface area contributed by atoms with E-state index >= 15 is 0 Å². The Kier molecular flexibility index (Phi) is 3.49. The van der Waals surface area contributed by atoms with Crippen LogP contribution >= 0.6 is 11.6 Å². The van der Waals surface area contributed by atoms with Gasteiger partial charge >= 0.3 is 0 Å². The van der Waals surface area contributed by atoms with Gasteiger partial charge in [0, 0.05) is 11.4 Å². The first-order chi connectivity index (χ1) is 6.09. The highest BCUT2D eigenvalue weighted by atomic mass is 35.5. The Labute approximate surface area is 83.7 Å². The third-order valence-electron chi connectivity index (χ3n) is 2.03. The van der Waals surface area contributed by atoms with E-state index in [4.69, 9.17) is 11.6 Å². The zero-order valence-electron chi connectivity index (χ0n) is 7.88. The fraction of sp³-hybridized carbons (Fsp3) is 0.364. The largest absolute Gasteiger partial charge is 0.300 e. The molecule has 0 aliphatic carbocycles. The molecule has 0 aromatic heterocycles. The molecule has 0 heterocycles. The molecule has 70 valence electrons. The molecule has 0 N–H and O–H groups in total. The summed E-state index contributed by atoms with van der Waals surface area (Å²) in [6, 6.07) is 7.65. The van der Waals surface area contributed by atoms with E-state index in [1.165, 1.54) is 5.56 Å². The van der Waals surface area contributed by atoms with Crippen LogP contribution in [0.3, 0.4) is 0 Å². The van der Waals surface area contributed by atoms with Gasteiger partial charge in [0.1, 0.15) is 5.78 Å². The summed E-state index contributed by atoms with van der Waals surface area (Å²) in [5.41, 5.74) is 1.17. The van der Waals surface area contributed by atoms with Crippen LogP contribution in [-0.4, -0.2) is 5.78 Å². The molecule has 0 bridgehead atoms. The minimum absolute atomic E-state index is 0.224. The third-order valence-corrected chi connectivity index (χ3v) is 2.28. The number of Topliss-reactive ketones (excluding diaryl/α,β-unsaturated/α-hetero) is 1. The molecule has 1 atom stereocenters. The van der Waals surface area contributed by atoms with Gasteiger partial charge in [-0.2, -0.15) is 0 Å². The van der Waals surface area contributed by atoms with Crippen molar-refractivity contribution in [3.63, 3.8) is 0 Å². The summed E-state index contributed by atoms with van der Waals surface area (Å²) < 4.78 is 0. The van der Waals surface area contributed by atoms with Crippen LogP contribution in [0.15, 0.2) is 24.3 Å². The molecule has 0 saturated heterocycles. The fourth-order valence-electron chi connectivity index (χ4n) is 1.34. The summed E-state index contributed by atoms with van der Waals surface area (Å²) >= 11 is 5.76. The highest BCUT2D eigenvalue weighted by molar-refractivity contribution is 6.30. The molecule has 1 nitrogen and oxygen atoms in total. The average molecular weight is 197 g/mol. The molecule has 2 heteroatoms. The maximum Gasteiger partial charge on any atom is 0.130 e. The zero-order chi connectivity index (χ0) is 9.84. The highest BCUT2D eigenvalue weighted by Gasteiger charge is 2.07. The molecular formula is C11H13ClO. The summed E-state index contributed by atoms with van der Waals surface area (Å²) in [6.45, 7) is 3.66. The topological polar surface area (TPSA) is 17.1 Å². The van der Waals surface area contributed by atoms with Crippen LogP contribution in [-0.2, 0) is 4.79 Å². The van der Waals surface area contributed by atoms with Gasteiger partial charge in [0.25, 0.3) is 0 Å². The van der Waals surface area contributed by atoms with Crippen molar-refractivity contribution in [1.82, 2.24) is 0 Å². The molecule has 0 radical (unpaired) electrons. The summed E-state index contributed by atoms with van der Waals surface area (Å²) in [5.74, 6) is 0.511. The van der Waals surface area contributed by atoms with Crippen LogP contribution in [0.2, 0.25) is 5.02 Å². The normalized spacial score (nSPS) is 12.5. The molecule has 13 heavy (non-hydrogen) atoms. The first-order valence-electron chi connectivity index (χ1n) is 4.34. The summed E-state index contributed by atoms with van der Waals surface area (Å²) in [4.78, 5) is 10.9. The van der Waals surface area contributed by atoms with Crippen molar-refractivity contribution in [1.29, 1.82) is 0 Å². The predicted molar refractivity (Wildman–Crippen MR) is 55.2 cm³/mol. The van der Waals surface area contributed by atoms with Crippen molar-refractivity contribution in [2.45, 2.75) is 26.2 Å². The van der Waals surface area contributed by atoms with E-state index in [1.54, 1.807) is 6.92 Å². The monoisotopic (exact) mass is 196 g/mol. The lowest BCUT2D eigenvalue weighted by Gasteiger charge is -2.09. The number of halogens is 1. The zero-order valence-corrected chi connectivity index (χ0v) is 8.64. The van der Waals surface area contributed by atoms with Gasteiger partial charge in [-0.1, -0.05) is 30.7 Å². The maximum atomic E-state index is 10.9. The Morgan fingerprint density at radius 2 is 1.92 bits per heavy atom. The molecule has 0 spiro atoms. The standard InChI is InChI=1S/C11H13ClO/c1-8(7-9(2)13)10-3-5-11(12)6-4-10/h3-6,8H,7H2,1-2H3/t8-/m1/s1. The first kappa shape index (κ1) is 10.3. The maximum absolute atomic E-state index is 10.9. The van der Waals surface area contributed by atoms with Crippen molar-refractivity contribution in [3.8, 4) is 0 Å². The minimum Gasteiger partial charge on any atom is -0.300 e. The van der Waals surface area contributed by atoms with Gasteiger partial charge in [0.15, 0.2) is 0 Å². The number of rotatable bonds is 3. The van der Waals surface area contributed by atoms with Crippen LogP contribution in [0.25, 0.3) is 0 Å². The van der Waals surface area contributed by atoms with Crippen molar-refractivity contribution in [3.05, 3.63) is 34.9 Å². The lowest BCUT2D eigenvalue weighted by Crippen LogP contribution is -1.99. The van der Waals surface area contributed by atoms with E-state index in [1.807, 2.05) is 31.2 Å². The number of carbonyl (C=O) groups is 1. The fourth-order valence-corrected chi connectivity index (χ4v) is 1.47. The molecule has 0 aliphatic heterocycles. The predicted octanol–water partition coefficient (Wildman–Crippen LogP) is 3.42. The molecule has 0 aliphatic rings. The molecule has 0 saturated carbocycles. The Morgan fingerprint density at radius 3 is 2.38 bits per heavy atom. The SMILES string of the molecule is CC(=O)C[C@@H](C)c1ccc(Cl)cc1. The lowest BCUT2D eigenvalue weighted by atomic mass is 9.96. The third kappa shape index (κ3) is 3.19. The summed E-state index contributed by atoms with van der Waals surface area (Å²) in [6.07, 6.45) is 0.599. The molecule has 1 aromatic carbocycles. The second-order valence-corrected chi connectivity index (χ2v) is 3.80. The summed E-state index contributed by atoms with van der Waals surface area (Å²) in [5, 5.41) is 0.735. The van der Waals surface area contributed by atoms with Gasteiger partial charge < -0.3 is 4.79 Å². The first-order valence-corrected chi connectivity index (χ1v) is 4.72. The van der Waals surface area contributed by atoms with Crippen LogP contribution in [0.1, 0.15) is 31.7 Å². The van der Waals surface area contributed by atoms with Crippen LogP contribution in [0, 0.1) is 0 Å². The second-order valence-electron chi connectivity index (χ2n) is 3.36. The van der Waals surface area contributed by atoms with Crippen molar-refractivity contribution >= 4 is 17.4 Å². The van der Waals surface area contributed by atoms with E-state index < -0.39 is 0 Å². The number of hydrogen-bond donors (Lipinski definition) is 0. The average Bonchev–Trinajstić information content (AvgIpc) is 2.04. The summed E-state index contributed by atoms with van der Waals surface area (Å²) in [7, 11) is 0. The number of carbonyl (C=O) groups excluding carboxylic acids is 1.